The Morgan fingerprint density at radius 1 is 1.33 bits per heavy atom. The monoisotopic (exact) mass is 268 g/mol. The van der Waals surface area contributed by atoms with Crippen LogP contribution in [0.2, 0.25) is 0 Å². The average Bonchev–Trinajstić information content (AvgIpc) is 2.46. The van der Waals surface area contributed by atoms with Gasteiger partial charge >= 0.3 is 0 Å². The van der Waals surface area contributed by atoms with Crippen LogP contribution in [0.4, 0.5) is 0 Å². The Hall–Kier alpha value is -1.20. The normalized spacial score (nSPS) is 19.3. The van der Waals surface area contributed by atoms with E-state index in [1.54, 1.807) is 44.2 Å². The zero-order chi connectivity index (χ0) is 13.0. The highest BCUT2D eigenvalue weighted by Gasteiger charge is 2.28. The fourth-order valence-electron chi connectivity index (χ4n) is 1.89. The van der Waals surface area contributed by atoms with Crippen molar-refractivity contribution >= 4 is 17.5 Å². The lowest BCUT2D eigenvalue weighted by Crippen LogP contribution is -2.32. The highest BCUT2D eigenvalue weighted by Crippen LogP contribution is 2.31. The van der Waals surface area contributed by atoms with Gasteiger partial charge in [0.25, 0.3) is 0 Å². The van der Waals surface area contributed by atoms with Crippen LogP contribution in [0.3, 0.4) is 0 Å². The Kier molecular flexibility index (Phi) is 4.49. The van der Waals surface area contributed by atoms with Gasteiger partial charge in [-0.1, -0.05) is 6.07 Å². The lowest BCUT2D eigenvalue weighted by atomic mass is 10.0. The molecule has 0 aromatic heterocycles. The zero-order valence-corrected chi connectivity index (χ0v) is 11.3. The molecule has 0 spiro atoms. The highest BCUT2D eigenvalue weighted by atomic mass is 32.2. The largest absolute Gasteiger partial charge is 0.496 e. The van der Waals surface area contributed by atoms with Crippen molar-refractivity contribution in [2.75, 3.05) is 32.3 Å². The van der Waals surface area contributed by atoms with E-state index in [0.29, 0.717) is 29.4 Å². The van der Waals surface area contributed by atoms with Crippen LogP contribution < -0.4 is 9.47 Å². The summed E-state index contributed by atoms with van der Waals surface area (Å²) < 4.78 is 16.0. The van der Waals surface area contributed by atoms with Crippen LogP contribution in [0.1, 0.15) is 10.4 Å². The first-order valence-corrected chi connectivity index (χ1v) is 6.88. The van der Waals surface area contributed by atoms with Crippen LogP contribution >= 0.6 is 11.8 Å². The molecule has 0 aliphatic carbocycles. The topological polar surface area (TPSA) is 44.8 Å². The number of hydrogen-bond donors (Lipinski definition) is 0. The second-order valence-electron chi connectivity index (χ2n) is 3.84. The van der Waals surface area contributed by atoms with Crippen LogP contribution in [-0.4, -0.2) is 44.2 Å². The SMILES string of the molecule is COc1cccc(OC)c1C(=O)C1CSCCO1. The predicted octanol–water partition coefficient (Wildman–Crippen LogP) is 2.02. The van der Waals surface area contributed by atoms with Gasteiger partial charge in [0.05, 0.1) is 20.8 Å². The number of benzene rings is 1. The van der Waals surface area contributed by atoms with Crippen LogP contribution in [0, 0.1) is 0 Å². The Balaban J connectivity index is 2.32. The number of rotatable bonds is 4. The Morgan fingerprint density at radius 2 is 2.00 bits per heavy atom. The van der Waals surface area contributed by atoms with Crippen molar-refractivity contribution in [2.24, 2.45) is 0 Å². The summed E-state index contributed by atoms with van der Waals surface area (Å²) in [6, 6.07) is 5.31. The van der Waals surface area contributed by atoms with E-state index in [2.05, 4.69) is 0 Å². The van der Waals surface area contributed by atoms with E-state index < -0.39 is 6.10 Å². The molecule has 2 rings (SSSR count). The van der Waals surface area contributed by atoms with Crippen LogP contribution in [0.15, 0.2) is 18.2 Å². The predicted molar refractivity (Wildman–Crippen MR) is 70.9 cm³/mol. The van der Waals surface area contributed by atoms with Gasteiger partial charge in [-0.05, 0) is 12.1 Å². The second kappa shape index (κ2) is 6.11. The molecule has 0 radical (unpaired) electrons. The summed E-state index contributed by atoms with van der Waals surface area (Å²) in [6.07, 6.45) is -0.408. The molecule has 0 amide bonds. The van der Waals surface area contributed by atoms with Crippen molar-refractivity contribution in [1.82, 2.24) is 0 Å². The molecule has 0 saturated carbocycles. The van der Waals surface area contributed by atoms with Crippen molar-refractivity contribution in [3.63, 3.8) is 0 Å². The summed E-state index contributed by atoms with van der Waals surface area (Å²) in [4.78, 5) is 12.5. The first kappa shape index (κ1) is 13.2. The van der Waals surface area contributed by atoms with Crippen molar-refractivity contribution < 1.29 is 19.0 Å². The summed E-state index contributed by atoms with van der Waals surface area (Å²) in [5, 5.41) is 0. The molecule has 1 unspecified atom stereocenters. The maximum atomic E-state index is 12.5. The van der Waals surface area contributed by atoms with Gasteiger partial charge in [0.15, 0.2) is 5.78 Å². The van der Waals surface area contributed by atoms with Crippen LogP contribution in [0.25, 0.3) is 0 Å². The van der Waals surface area contributed by atoms with E-state index in [1.807, 2.05) is 0 Å². The van der Waals surface area contributed by atoms with Gasteiger partial charge in [-0.15, -0.1) is 0 Å². The van der Waals surface area contributed by atoms with Crippen molar-refractivity contribution in [2.45, 2.75) is 6.10 Å². The third kappa shape index (κ3) is 2.62. The van der Waals surface area contributed by atoms with E-state index >= 15 is 0 Å². The number of carbonyl (C=O) groups excluding carboxylic acids is 1. The maximum Gasteiger partial charge on any atom is 0.199 e. The standard InChI is InChI=1S/C13H16O4S/c1-15-9-4-3-5-10(16-2)12(9)13(14)11-8-18-7-6-17-11/h3-5,11H,6-8H2,1-2H3. The number of thioether (sulfide) groups is 1. The molecule has 1 aromatic carbocycles. The molecule has 4 nitrogen and oxygen atoms in total. The molecule has 5 heteroatoms. The van der Waals surface area contributed by atoms with E-state index in [0.717, 1.165) is 5.75 Å². The summed E-state index contributed by atoms with van der Waals surface area (Å²) in [5.41, 5.74) is 0.468. The lowest BCUT2D eigenvalue weighted by Gasteiger charge is -2.22. The second-order valence-corrected chi connectivity index (χ2v) is 4.99. The van der Waals surface area contributed by atoms with E-state index in [4.69, 9.17) is 14.2 Å². The molecular formula is C13H16O4S. The number of ketones is 1. The first-order chi connectivity index (χ1) is 8.77. The third-order valence-corrected chi connectivity index (χ3v) is 3.78. The molecule has 0 N–H and O–H groups in total. The molecule has 18 heavy (non-hydrogen) atoms. The number of methoxy groups -OCH3 is 2. The van der Waals surface area contributed by atoms with Crippen molar-refractivity contribution in [1.29, 1.82) is 0 Å². The first-order valence-electron chi connectivity index (χ1n) is 5.72. The fraction of sp³-hybridized carbons (Fsp3) is 0.462. The van der Waals surface area contributed by atoms with Crippen molar-refractivity contribution in [3.05, 3.63) is 23.8 Å². The summed E-state index contributed by atoms with van der Waals surface area (Å²) in [7, 11) is 3.09. The number of hydrogen-bond acceptors (Lipinski definition) is 5. The highest BCUT2D eigenvalue weighted by molar-refractivity contribution is 7.99. The van der Waals surface area contributed by atoms with Crippen LogP contribution in [-0.2, 0) is 4.74 Å². The van der Waals surface area contributed by atoms with Gasteiger partial charge in [-0.2, -0.15) is 11.8 Å². The molecule has 0 bridgehead atoms. The molecule has 1 heterocycles. The molecular weight excluding hydrogens is 252 g/mol. The smallest absolute Gasteiger partial charge is 0.199 e. The van der Waals surface area contributed by atoms with E-state index in [1.165, 1.54) is 0 Å². The Labute approximate surface area is 111 Å². The summed E-state index contributed by atoms with van der Waals surface area (Å²) in [5.74, 6) is 2.60. The molecule has 1 aliphatic heterocycles. The summed E-state index contributed by atoms with van der Waals surface area (Å²) in [6.45, 7) is 0.610. The molecule has 1 saturated heterocycles. The van der Waals surface area contributed by atoms with E-state index in [9.17, 15) is 4.79 Å². The Bertz CT molecular complexity index is 405. The molecule has 98 valence electrons. The van der Waals surface area contributed by atoms with Crippen LogP contribution in [0.5, 0.6) is 11.5 Å². The van der Waals surface area contributed by atoms with Gasteiger partial charge in [0.1, 0.15) is 23.2 Å². The minimum absolute atomic E-state index is 0.0727. The molecule has 1 aromatic rings. The fourth-order valence-corrected chi connectivity index (χ4v) is 2.74. The van der Waals surface area contributed by atoms with Gasteiger partial charge in [0, 0.05) is 11.5 Å². The summed E-state index contributed by atoms with van der Waals surface area (Å²) >= 11 is 1.73. The Morgan fingerprint density at radius 3 is 2.50 bits per heavy atom. The minimum atomic E-state index is -0.408. The minimum Gasteiger partial charge on any atom is -0.496 e. The van der Waals surface area contributed by atoms with Gasteiger partial charge in [-0.3, -0.25) is 4.79 Å². The zero-order valence-electron chi connectivity index (χ0n) is 10.5. The molecule has 1 aliphatic rings. The number of ether oxygens (including phenoxy) is 3. The van der Waals surface area contributed by atoms with Gasteiger partial charge < -0.3 is 14.2 Å². The third-order valence-electron chi connectivity index (χ3n) is 2.78. The molecule has 1 fully saturated rings. The quantitative estimate of drug-likeness (QED) is 0.782. The van der Waals surface area contributed by atoms with Crippen molar-refractivity contribution in [3.8, 4) is 11.5 Å². The maximum absolute atomic E-state index is 12.5. The van der Waals surface area contributed by atoms with Gasteiger partial charge in [0.2, 0.25) is 0 Å². The number of Topliss-reactive ketones (excluding diaryl/α,β-unsaturated/α-hetero) is 1. The average molecular weight is 268 g/mol. The lowest BCUT2D eigenvalue weighted by molar-refractivity contribution is 0.0513. The number of carbonyl (C=O) groups is 1. The van der Waals surface area contributed by atoms with Gasteiger partial charge in [-0.25, -0.2) is 0 Å². The van der Waals surface area contributed by atoms with E-state index in [-0.39, 0.29) is 5.78 Å². The molecule has 1 atom stereocenters.